The number of benzene rings is 2. The largest absolute Gasteiger partial charge is 0.331 e. The van der Waals surface area contributed by atoms with Crippen molar-refractivity contribution in [2.45, 2.75) is 6.54 Å². The van der Waals surface area contributed by atoms with Crippen LogP contribution in [0.25, 0.3) is 0 Å². The Labute approximate surface area is 154 Å². The normalized spacial score (nSPS) is 10.4. The molecule has 1 heterocycles. The highest BCUT2D eigenvalue weighted by atomic mass is 35.5. The van der Waals surface area contributed by atoms with Crippen LogP contribution in [0.3, 0.4) is 0 Å². The molecule has 3 rings (SSSR count). The smallest absolute Gasteiger partial charge is 0.248 e. The van der Waals surface area contributed by atoms with E-state index in [2.05, 4.69) is 20.7 Å². The predicted molar refractivity (Wildman–Crippen MR) is 102 cm³/mol. The average Bonchev–Trinajstić information content (AvgIpc) is 2.96. The zero-order valence-corrected chi connectivity index (χ0v) is 14.7. The standard InChI is InChI=1S/C16H13Cl2N5S/c17-12-5-3-4-11(8-12)9-23-10-19-15(22-23)21-16(24)20-14-7-2-1-6-13(14)18/h1-8,10H,9H2,(H2,20,21,22,24). The second-order valence-electron chi connectivity index (χ2n) is 4.95. The third kappa shape index (κ3) is 4.44. The van der Waals surface area contributed by atoms with Crippen molar-refractivity contribution in [3.63, 3.8) is 0 Å². The summed E-state index contributed by atoms with van der Waals surface area (Å²) in [6.07, 6.45) is 1.63. The fourth-order valence-corrected chi connectivity index (χ4v) is 2.67. The molecule has 0 bridgehead atoms. The van der Waals surface area contributed by atoms with Crippen LogP contribution in [0.2, 0.25) is 10.0 Å². The molecule has 0 atom stereocenters. The van der Waals surface area contributed by atoms with E-state index in [9.17, 15) is 0 Å². The van der Waals surface area contributed by atoms with E-state index in [4.69, 9.17) is 35.4 Å². The summed E-state index contributed by atoms with van der Waals surface area (Å²) < 4.78 is 1.70. The third-order valence-electron chi connectivity index (χ3n) is 3.12. The summed E-state index contributed by atoms with van der Waals surface area (Å²) in [4.78, 5) is 4.19. The molecule has 0 saturated heterocycles. The highest BCUT2D eigenvalue weighted by molar-refractivity contribution is 7.80. The Morgan fingerprint density at radius 1 is 1.08 bits per heavy atom. The first-order valence-corrected chi connectivity index (χ1v) is 8.23. The predicted octanol–water partition coefficient (Wildman–Crippen LogP) is 4.44. The van der Waals surface area contributed by atoms with E-state index in [0.717, 1.165) is 11.3 Å². The van der Waals surface area contributed by atoms with Gasteiger partial charge in [-0.3, -0.25) is 5.32 Å². The number of hydrogen-bond acceptors (Lipinski definition) is 3. The quantitative estimate of drug-likeness (QED) is 0.658. The van der Waals surface area contributed by atoms with Gasteiger partial charge >= 0.3 is 0 Å². The number of anilines is 2. The van der Waals surface area contributed by atoms with Crippen molar-refractivity contribution >= 4 is 52.2 Å². The topological polar surface area (TPSA) is 54.8 Å². The molecule has 2 aromatic carbocycles. The maximum atomic E-state index is 6.08. The Balaban J connectivity index is 1.61. The van der Waals surface area contributed by atoms with Crippen molar-refractivity contribution in [3.8, 4) is 0 Å². The Morgan fingerprint density at radius 3 is 2.71 bits per heavy atom. The van der Waals surface area contributed by atoms with E-state index in [1.54, 1.807) is 17.1 Å². The number of para-hydroxylation sites is 1. The first-order valence-electron chi connectivity index (χ1n) is 7.06. The number of rotatable bonds is 4. The van der Waals surface area contributed by atoms with Gasteiger partial charge in [0.25, 0.3) is 0 Å². The zero-order chi connectivity index (χ0) is 16.9. The van der Waals surface area contributed by atoms with Gasteiger partial charge < -0.3 is 5.32 Å². The third-order valence-corrected chi connectivity index (χ3v) is 3.89. The average molecular weight is 378 g/mol. The molecule has 0 unspecified atom stereocenters. The second kappa shape index (κ2) is 7.61. The van der Waals surface area contributed by atoms with E-state index in [1.807, 2.05) is 42.5 Å². The fourth-order valence-electron chi connectivity index (χ4n) is 2.07. The van der Waals surface area contributed by atoms with E-state index >= 15 is 0 Å². The van der Waals surface area contributed by atoms with Crippen LogP contribution in [0.4, 0.5) is 11.6 Å². The minimum atomic E-state index is 0.364. The molecule has 0 spiro atoms. The number of halogens is 2. The Hall–Kier alpha value is -2.15. The number of thiocarbonyl (C=S) groups is 1. The van der Waals surface area contributed by atoms with Gasteiger partial charge in [0.05, 0.1) is 17.3 Å². The van der Waals surface area contributed by atoms with Gasteiger partial charge in [0.15, 0.2) is 5.11 Å². The van der Waals surface area contributed by atoms with Gasteiger partial charge in [0, 0.05) is 5.02 Å². The van der Waals surface area contributed by atoms with Crippen LogP contribution in [0.15, 0.2) is 54.9 Å². The molecule has 5 nitrogen and oxygen atoms in total. The van der Waals surface area contributed by atoms with E-state index < -0.39 is 0 Å². The van der Waals surface area contributed by atoms with Gasteiger partial charge in [0.2, 0.25) is 5.95 Å². The molecule has 0 amide bonds. The minimum absolute atomic E-state index is 0.364. The van der Waals surface area contributed by atoms with Crippen molar-refractivity contribution in [1.29, 1.82) is 0 Å². The molecule has 8 heteroatoms. The lowest BCUT2D eigenvalue weighted by Gasteiger charge is -2.09. The van der Waals surface area contributed by atoms with Gasteiger partial charge in [-0.15, -0.1) is 5.10 Å². The second-order valence-corrected chi connectivity index (χ2v) is 6.21. The molecule has 0 radical (unpaired) electrons. The fraction of sp³-hybridized carbons (Fsp3) is 0.0625. The molecule has 0 saturated carbocycles. The van der Waals surface area contributed by atoms with E-state index in [0.29, 0.717) is 27.7 Å². The molecule has 2 N–H and O–H groups in total. The van der Waals surface area contributed by atoms with Gasteiger partial charge in [-0.1, -0.05) is 47.5 Å². The van der Waals surface area contributed by atoms with Crippen LogP contribution in [0.5, 0.6) is 0 Å². The summed E-state index contributed by atoms with van der Waals surface area (Å²) >= 11 is 17.3. The van der Waals surface area contributed by atoms with Gasteiger partial charge in [-0.2, -0.15) is 0 Å². The van der Waals surface area contributed by atoms with Crippen molar-refractivity contribution in [1.82, 2.24) is 14.8 Å². The Morgan fingerprint density at radius 2 is 1.92 bits per heavy atom. The van der Waals surface area contributed by atoms with Crippen LogP contribution in [0, 0.1) is 0 Å². The number of hydrogen-bond donors (Lipinski definition) is 2. The lowest BCUT2D eigenvalue weighted by molar-refractivity contribution is 0.687. The summed E-state index contributed by atoms with van der Waals surface area (Å²) in [5.74, 6) is 0.404. The van der Waals surface area contributed by atoms with Crippen molar-refractivity contribution in [3.05, 3.63) is 70.5 Å². The monoisotopic (exact) mass is 377 g/mol. The van der Waals surface area contributed by atoms with Crippen LogP contribution in [-0.2, 0) is 6.54 Å². The van der Waals surface area contributed by atoms with Crippen LogP contribution >= 0.6 is 35.4 Å². The molecule has 0 aliphatic heterocycles. The number of nitrogens with one attached hydrogen (secondary N) is 2. The Kier molecular flexibility index (Phi) is 5.30. The molecular weight excluding hydrogens is 365 g/mol. The van der Waals surface area contributed by atoms with Gasteiger partial charge in [0.1, 0.15) is 6.33 Å². The van der Waals surface area contributed by atoms with Crippen LogP contribution < -0.4 is 10.6 Å². The summed E-state index contributed by atoms with van der Waals surface area (Å²) in [5.41, 5.74) is 1.76. The first kappa shape index (κ1) is 16.7. The molecule has 0 aliphatic rings. The first-order chi connectivity index (χ1) is 11.6. The molecule has 24 heavy (non-hydrogen) atoms. The van der Waals surface area contributed by atoms with Crippen molar-refractivity contribution < 1.29 is 0 Å². The number of nitrogens with zero attached hydrogens (tertiary/aromatic N) is 3. The minimum Gasteiger partial charge on any atom is -0.331 e. The molecular formula is C16H13Cl2N5S. The summed E-state index contributed by atoms with van der Waals surface area (Å²) in [6.45, 7) is 0.569. The van der Waals surface area contributed by atoms with Gasteiger partial charge in [-0.25, -0.2) is 9.67 Å². The summed E-state index contributed by atoms with van der Waals surface area (Å²) in [6, 6.07) is 14.9. The van der Waals surface area contributed by atoms with E-state index in [1.165, 1.54) is 0 Å². The molecule has 3 aromatic rings. The molecule has 1 aromatic heterocycles. The molecule has 0 fully saturated rings. The lowest BCUT2D eigenvalue weighted by atomic mass is 10.2. The maximum Gasteiger partial charge on any atom is 0.248 e. The lowest BCUT2D eigenvalue weighted by Crippen LogP contribution is -2.20. The highest BCUT2D eigenvalue weighted by Crippen LogP contribution is 2.20. The van der Waals surface area contributed by atoms with Crippen LogP contribution in [-0.4, -0.2) is 19.9 Å². The Bertz CT molecular complexity index is 865. The molecule has 0 aliphatic carbocycles. The van der Waals surface area contributed by atoms with Gasteiger partial charge in [-0.05, 0) is 42.0 Å². The zero-order valence-electron chi connectivity index (χ0n) is 12.4. The highest BCUT2D eigenvalue weighted by Gasteiger charge is 2.06. The van der Waals surface area contributed by atoms with Crippen LogP contribution in [0.1, 0.15) is 5.56 Å². The van der Waals surface area contributed by atoms with E-state index in [-0.39, 0.29) is 0 Å². The summed E-state index contributed by atoms with van der Waals surface area (Å²) in [5, 5.41) is 11.9. The SMILES string of the molecule is S=C(Nc1ncn(Cc2cccc(Cl)c2)n1)Nc1ccccc1Cl. The van der Waals surface area contributed by atoms with Crippen molar-refractivity contribution in [2.75, 3.05) is 10.6 Å². The summed E-state index contributed by atoms with van der Waals surface area (Å²) in [7, 11) is 0. The van der Waals surface area contributed by atoms with Crippen molar-refractivity contribution in [2.24, 2.45) is 0 Å². The maximum absolute atomic E-state index is 6.08. The molecule has 122 valence electrons. The number of aromatic nitrogens is 3.